The van der Waals surface area contributed by atoms with Crippen LogP contribution in [0.4, 0.5) is 15.8 Å². The highest BCUT2D eigenvalue weighted by molar-refractivity contribution is 7.90. The van der Waals surface area contributed by atoms with E-state index in [0.717, 1.165) is 36.6 Å². The molecule has 0 spiro atoms. The van der Waals surface area contributed by atoms with Crippen molar-refractivity contribution in [2.75, 3.05) is 11.6 Å². The fraction of sp³-hybridized carbons (Fsp3) is 0.0667. The first-order valence-corrected chi connectivity index (χ1v) is 8.51. The predicted molar refractivity (Wildman–Crippen MR) is 85.3 cm³/mol. The van der Waals surface area contributed by atoms with Crippen molar-refractivity contribution in [1.29, 1.82) is 5.26 Å². The van der Waals surface area contributed by atoms with Crippen LogP contribution in [0.15, 0.2) is 41.3 Å². The molecule has 0 saturated heterocycles. The highest BCUT2D eigenvalue weighted by Gasteiger charge is 2.19. The van der Waals surface area contributed by atoms with E-state index in [4.69, 9.17) is 5.26 Å². The van der Waals surface area contributed by atoms with Crippen molar-refractivity contribution in [2.45, 2.75) is 4.90 Å². The van der Waals surface area contributed by atoms with E-state index in [2.05, 4.69) is 5.32 Å². The number of non-ortho nitro benzene ring substituents is 1. The van der Waals surface area contributed by atoms with Crippen LogP contribution in [0.3, 0.4) is 0 Å². The average molecular weight is 363 g/mol. The molecule has 0 saturated carbocycles. The number of benzene rings is 2. The van der Waals surface area contributed by atoms with Crippen molar-refractivity contribution in [3.63, 3.8) is 0 Å². The van der Waals surface area contributed by atoms with E-state index in [1.54, 1.807) is 6.07 Å². The zero-order valence-corrected chi connectivity index (χ0v) is 13.5. The van der Waals surface area contributed by atoms with Gasteiger partial charge in [0.2, 0.25) is 0 Å². The summed E-state index contributed by atoms with van der Waals surface area (Å²) in [4.78, 5) is 22.0. The zero-order valence-electron chi connectivity index (χ0n) is 12.7. The average Bonchev–Trinajstić information content (AvgIpc) is 2.55. The Labute approximate surface area is 141 Å². The van der Waals surface area contributed by atoms with Crippen LogP contribution in [-0.2, 0) is 9.84 Å². The van der Waals surface area contributed by atoms with Crippen molar-refractivity contribution in [3.8, 4) is 6.07 Å². The third kappa shape index (κ3) is 4.15. The summed E-state index contributed by atoms with van der Waals surface area (Å²) in [6, 6.07) is 7.62. The molecule has 1 N–H and O–H groups in total. The van der Waals surface area contributed by atoms with E-state index in [1.165, 1.54) is 6.07 Å². The molecule has 0 radical (unpaired) electrons. The van der Waals surface area contributed by atoms with E-state index in [9.17, 15) is 27.7 Å². The fourth-order valence-corrected chi connectivity index (χ4v) is 2.60. The van der Waals surface area contributed by atoms with Crippen LogP contribution in [-0.4, -0.2) is 25.5 Å². The molecule has 10 heteroatoms. The van der Waals surface area contributed by atoms with Gasteiger partial charge in [-0.15, -0.1) is 0 Å². The van der Waals surface area contributed by atoms with Gasteiger partial charge in [-0.2, -0.15) is 5.26 Å². The molecule has 0 aromatic heterocycles. The summed E-state index contributed by atoms with van der Waals surface area (Å²) in [5, 5.41) is 22.0. The van der Waals surface area contributed by atoms with Crippen LogP contribution >= 0.6 is 0 Å². The zero-order chi connectivity index (χ0) is 18.8. The number of nitrogens with one attached hydrogen (secondary N) is 1. The summed E-state index contributed by atoms with van der Waals surface area (Å²) < 4.78 is 36.5. The third-order valence-corrected chi connectivity index (χ3v) is 4.23. The lowest BCUT2D eigenvalue weighted by Gasteiger charge is -2.07. The second kappa shape index (κ2) is 6.66. The predicted octanol–water partition coefficient (Wildman–Crippen LogP) is 2.26. The molecular weight excluding hydrogens is 353 g/mol. The number of anilines is 1. The number of rotatable bonds is 4. The molecule has 0 aliphatic heterocycles. The molecule has 0 aliphatic carbocycles. The van der Waals surface area contributed by atoms with Crippen molar-refractivity contribution in [2.24, 2.45) is 0 Å². The molecule has 0 fully saturated rings. The van der Waals surface area contributed by atoms with Crippen molar-refractivity contribution >= 4 is 27.1 Å². The van der Waals surface area contributed by atoms with E-state index < -0.39 is 32.2 Å². The number of halogens is 1. The van der Waals surface area contributed by atoms with Gasteiger partial charge in [-0.3, -0.25) is 14.9 Å². The van der Waals surface area contributed by atoms with Gasteiger partial charge < -0.3 is 5.32 Å². The summed E-state index contributed by atoms with van der Waals surface area (Å²) in [7, 11) is -3.78. The lowest BCUT2D eigenvalue weighted by atomic mass is 10.1. The van der Waals surface area contributed by atoms with E-state index >= 15 is 0 Å². The number of hydrogen-bond acceptors (Lipinski definition) is 6. The van der Waals surface area contributed by atoms with Crippen molar-refractivity contribution in [3.05, 3.63) is 63.5 Å². The van der Waals surface area contributed by atoms with Gasteiger partial charge >= 0.3 is 0 Å². The van der Waals surface area contributed by atoms with Gasteiger partial charge in [-0.05, 0) is 24.3 Å². The first-order chi connectivity index (χ1) is 11.6. The van der Waals surface area contributed by atoms with Crippen LogP contribution in [0.2, 0.25) is 0 Å². The maximum atomic E-state index is 13.3. The molecule has 2 rings (SSSR count). The van der Waals surface area contributed by atoms with Gasteiger partial charge in [0.15, 0.2) is 9.84 Å². The van der Waals surface area contributed by atoms with Crippen LogP contribution in [0.5, 0.6) is 0 Å². The highest BCUT2D eigenvalue weighted by Crippen LogP contribution is 2.22. The quantitative estimate of drug-likeness (QED) is 0.655. The maximum absolute atomic E-state index is 13.3. The van der Waals surface area contributed by atoms with Gasteiger partial charge in [0.25, 0.3) is 11.6 Å². The number of nitro benzene ring substituents is 1. The van der Waals surface area contributed by atoms with Gasteiger partial charge in [0.05, 0.1) is 15.4 Å². The smallest absolute Gasteiger partial charge is 0.271 e. The largest absolute Gasteiger partial charge is 0.322 e. The first kappa shape index (κ1) is 18.0. The minimum absolute atomic E-state index is 0.0790. The molecule has 2 aromatic rings. The van der Waals surface area contributed by atoms with Crippen LogP contribution < -0.4 is 5.32 Å². The number of amides is 1. The number of nitrogens with zero attached hydrogens (tertiary/aromatic N) is 2. The summed E-state index contributed by atoms with van der Waals surface area (Å²) in [5.74, 6) is -1.61. The van der Waals surface area contributed by atoms with Gasteiger partial charge in [-0.1, -0.05) is 0 Å². The molecule has 0 aliphatic rings. The number of carbonyl (C=O) groups excluding carboxylic acids is 1. The lowest BCUT2D eigenvalue weighted by molar-refractivity contribution is -0.385. The SMILES string of the molecule is CS(=O)(=O)c1cc(C(=O)Nc2ccc(F)c(C#N)c2)cc([N+](=O)[O-])c1. The van der Waals surface area contributed by atoms with Gasteiger partial charge in [0, 0.05) is 29.6 Å². The van der Waals surface area contributed by atoms with Crippen LogP contribution in [0.25, 0.3) is 0 Å². The van der Waals surface area contributed by atoms with E-state index in [-0.39, 0.29) is 21.7 Å². The Morgan fingerprint density at radius 2 is 1.96 bits per heavy atom. The molecule has 2 aromatic carbocycles. The first-order valence-electron chi connectivity index (χ1n) is 6.62. The fourth-order valence-electron chi connectivity index (χ4n) is 1.93. The monoisotopic (exact) mass is 363 g/mol. The summed E-state index contributed by atoms with van der Waals surface area (Å²) in [5.41, 5.74) is -1.05. The van der Waals surface area contributed by atoms with Gasteiger partial charge in [0.1, 0.15) is 11.9 Å². The Kier molecular flexibility index (Phi) is 4.80. The van der Waals surface area contributed by atoms with Crippen molar-refractivity contribution < 1.29 is 22.5 Å². The molecule has 128 valence electrons. The maximum Gasteiger partial charge on any atom is 0.271 e. The standard InChI is InChI=1S/C15H10FN3O5S/c1-25(23,24)13-6-9(5-12(7-13)19(21)22)15(20)18-11-2-3-14(16)10(4-11)8-17/h2-7H,1H3,(H,18,20). The normalized spacial score (nSPS) is 10.8. The Balaban J connectivity index is 2.44. The molecule has 1 amide bonds. The van der Waals surface area contributed by atoms with E-state index in [0.29, 0.717) is 0 Å². The molecular formula is C15H10FN3O5S. The summed E-state index contributed by atoms with van der Waals surface area (Å²) >= 11 is 0. The van der Waals surface area contributed by atoms with Crippen molar-refractivity contribution in [1.82, 2.24) is 0 Å². The second-order valence-electron chi connectivity index (χ2n) is 5.01. The highest BCUT2D eigenvalue weighted by atomic mass is 32.2. The molecule has 0 heterocycles. The lowest BCUT2D eigenvalue weighted by Crippen LogP contribution is -2.13. The number of sulfone groups is 1. The Hall–Kier alpha value is -3.32. The topological polar surface area (TPSA) is 130 Å². The third-order valence-electron chi connectivity index (χ3n) is 3.14. The molecule has 8 nitrogen and oxygen atoms in total. The molecule has 0 bridgehead atoms. The molecule has 0 atom stereocenters. The Morgan fingerprint density at radius 3 is 2.52 bits per heavy atom. The second-order valence-corrected chi connectivity index (χ2v) is 7.02. The number of nitriles is 1. The minimum Gasteiger partial charge on any atom is -0.322 e. The number of hydrogen-bond donors (Lipinski definition) is 1. The van der Waals surface area contributed by atoms with Gasteiger partial charge in [-0.25, -0.2) is 12.8 Å². The summed E-state index contributed by atoms with van der Waals surface area (Å²) in [6.07, 6.45) is 0.854. The molecule has 0 unspecified atom stereocenters. The molecule has 25 heavy (non-hydrogen) atoms. The Bertz CT molecular complexity index is 1030. The van der Waals surface area contributed by atoms with Crippen LogP contribution in [0.1, 0.15) is 15.9 Å². The number of nitro groups is 1. The summed E-state index contributed by atoms with van der Waals surface area (Å²) in [6.45, 7) is 0. The van der Waals surface area contributed by atoms with E-state index in [1.807, 2.05) is 0 Å². The number of carbonyl (C=O) groups is 1. The minimum atomic E-state index is -3.78. The Morgan fingerprint density at radius 1 is 1.28 bits per heavy atom. The van der Waals surface area contributed by atoms with Crippen LogP contribution in [0, 0.1) is 27.3 Å².